The molecule has 0 aliphatic heterocycles. The van der Waals surface area contributed by atoms with Crippen LogP contribution in [0.2, 0.25) is 0 Å². The first-order valence-corrected chi connectivity index (χ1v) is 7.09. The molecule has 100 valence electrons. The lowest BCUT2D eigenvalue weighted by atomic mass is 10.2. The van der Waals surface area contributed by atoms with Gasteiger partial charge >= 0.3 is 0 Å². The Morgan fingerprint density at radius 2 is 2.16 bits per heavy atom. The number of thiazole rings is 1. The molecule has 0 spiro atoms. The van der Waals surface area contributed by atoms with Crippen molar-refractivity contribution in [3.8, 4) is 0 Å². The van der Waals surface area contributed by atoms with E-state index in [1.807, 2.05) is 32.5 Å². The zero-order chi connectivity index (χ0) is 13.8. The summed E-state index contributed by atoms with van der Waals surface area (Å²) in [5.41, 5.74) is 4.47. The van der Waals surface area contributed by atoms with Crippen molar-refractivity contribution in [1.82, 2.24) is 9.97 Å². The van der Waals surface area contributed by atoms with Crippen molar-refractivity contribution >= 4 is 22.8 Å². The average Bonchev–Trinajstić information content (AvgIpc) is 2.83. The summed E-state index contributed by atoms with van der Waals surface area (Å²) in [7, 11) is 2.01. The van der Waals surface area contributed by atoms with Crippen LogP contribution in [0, 0.1) is 6.92 Å². The molecule has 5 heteroatoms. The number of aryl methyl sites for hydroxylation is 1. The summed E-state index contributed by atoms with van der Waals surface area (Å²) in [4.78, 5) is 23.3. The number of anilines is 1. The SMILES string of the molecule is CCC(=O)c1ccc(N(C)Cc2scnc2C)cn1. The van der Waals surface area contributed by atoms with E-state index in [2.05, 4.69) is 14.9 Å². The lowest BCUT2D eigenvalue weighted by molar-refractivity contribution is 0.0983. The van der Waals surface area contributed by atoms with Crippen molar-refractivity contribution in [2.75, 3.05) is 11.9 Å². The van der Waals surface area contributed by atoms with Crippen LogP contribution in [0.3, 0.4) is 0 Å². The summed E-state index contributed by atoms with van der Waals surface area (Å²) in [5, 5.41) is 0. The van der Waals surface area contributed by atoms with Gasteiger partial charge in [-0.3, -0.25) is 9.78 Å². The average molecular weight is 275 g/mol. The summed E-state index contributed by atoms with van der Waals surface area (Å²) in [6.45, 7) is 4.66. The lowest BCUT2D eigenvalue weighted by Crippen LogP contribution is -2.16. The Labute approximate surface area is 117 Å². The summed E-state index contributed by atoms with van der Waals surface area (Å²) in [6, 6.07) is 3.73. The largest absolute Gasteiger partial charge is 0.368 e. The summed E-state index contributed by atoms with van der Waals surface area (Å²) in [5.74, 6) is 0.0764. The van der Waals surface area contributed by atoms with Crippen LogP contribution in [-0.2, 0) is 6.54 Å². The summed E-state index contributed by atoms with van der Waals surface area (Å²) < 4.78 is 0. The van der Waals surface area contributed by atoms with E-state index >= 15 is 0 Å². The van der Waals surface area contributed by atoms with Gasteiger partial charge in [-0.25, -0.2) is 4.98 Å². The first-order valence-electron chi connectivity index (χ1n) is 6.21. The molecule has 2 heterocycles. The van der Waals surface area contributed by atoms with Gasteiger partial charge in [-0.05, 0) is 19.1 Å². The minimum atomic E-state index is 0.0764. The molecule has 0 atom stereocenters. The normalized spacial score (nSPS) is 10.5. The van der Waals surface area contributed by atoms with E-state index in [4.69, 9.17) is 0 Å². The van der Waals surface area contributed by atoms with Crippen LogP contribution in [0.4, 0.5) is 5.69 Å². The molecule has 0 N–H and O–H groups in total. The second-order valence-electron chi connectivity index (χ2n) is 4.40. The van der Waals surface area contributed by atoms with E-state index in [9.17, 15) is 4.79 Å². The lowest BCUT2D eigenvalue weighted by Gasteiger charge is -2.18. The van der Waals surface area contributed by atoms with Gasteiger partial charge in [-0.2, -0.15) is 0 Å². The van der Waals surface area contributed by atoms with E-state index in [1.165, 1.54) is 4.88 Å². The maximum Gasteiger partial charge on any atom is 0.180 e. The minimum Gasteiger partial charge on any atom is -0.368 e. The molecule has 2 aromatic heterocycles. The fraction of sp³-hybridized carbons (Fsp3) is 0.357. The van der Waals surface area contributed by atoms with Crippen LogP contribution in [-0.4, -0.2) is 22.8 Å². The molecule has 0 saturated carbocycles. The second-order valence-corrected chi connectivity index (χ2v) is 5.33. The molecular weight excluding hydrogens is 258 g/mol. The van der Waals surface area contributed by atoms with Crippen molar-refractivity contribution in [3.05, 3.63) is 40.1 Å². The Morgan fingerprint density at radius 3 is 2.68 bits per heavy atom. The van der Waals surface area contributed by atoms with Crippen molar-refractivity contribution in [1.29, 1.82) is 0 Å². The molecule has 0 bridgehead atoms. The quantitative estimate of drug-likeness (QED) is 0.787. The van der Waals surface area contributed by atoms with Gasteiger partial charge in [-0.15, -0.1) is 11.3 Å². The van der Waals surface area contributed by atoms with Crippen LogP contribution < -0.4 is 4.90 Å². The number of carbonyl (C=O) groups excluding carboxylic acids is 1. The van der Waals surface area contributed by atoms with Gasteiger partial charge in [0.15, 0.2) is 5.78 Å². The standard InChI is InChI=1S/C14H17N3OS/c1-4-13(18)12-6-5-11(7-15-12)17(3)8-14-10(2)16-9-19-14/h5-7,9H,4,8H2,1-3H3. The van der Waals surface area contributed by atoms with Crippen molar-refractivity contribution in [3.63, 3.8) is 0 Å². The van der Waals surface area contributed by atoms with Gasteiger partial charge < -0.3 is 4.90 Å². The van der Waals surface area contributed by atoms with Gasteiger partial charge in [0.05, 0.1) is 29.6 Å². The van der Waals surface area contributed by atoms with E-state index in [0.29, 0.717) is 12.1 Å². The predicted octanol–water partition coefficient (Wildman–Crippen LogP) is 3.08. The number of ketones is 1. The molecule has 0 aliphatic carbocycles. The highest BCUT2D eigenvalue weighted by atomic mass is 32.1. The highest BCUT2D eigenvalue weighted by Crippen LogP contribution is 2.19. The van der Waals surface area contributed by atoms with Crippen LogP contribution in [0.15, 0.2) is 23.8 Å². The number of rotatable bonds is 5. The van der Waals surface area contributed by atoms with Crippen LogP contribution in [0.5, 0.6) is 0 Å². The molecule has 0 radical (unpaired) electrons. The highest BCUT2D eigenvalue weighted by molar-refractivity contribution is 7.09. The molecule has 0 aliphatic rings. The van der Waals surface area contributed by atoms with Crippen molar-refractivity contribution in [2.45, 2.75) is 26.8 Å². The van der Waals surface area contributed by atoms with Gasteiger partial charge in [0, 0.05) is 18.3 Å². The first kappa shape index (κ1) is 13.7. The molecule has 0 unspecified atom stereocenters. The summed E-state index contributed by atoms with van der Waals surface area (Å²) in [6.07, 6.45) is 2.24. The van der Waals surface area contributed by atoms with Gasteiger partial charge in [-0.1, -0.05) is 6.92 Å². The Kier molecular flexibility index (Phi) is 4.27. The highest BCUT2D eigenvalue weighted by Gasteiger charge is 2.09. The number of hydrogen-bond acceptors (Lipinski definition) is 5. The molecular formula is C14H17N3OS. The second kappa shape index (κ2) is 5.93. The number of Topliss-reactive ketones (excluding diaryl/α,β-unsaturated/α-hetero) is 1. The van der Waals surface area contributed by atoms with Crippen LogP contribution in [0.25, 0.3) is 0 Å². The van der Waals surface area contributed by atoms with E-state index in [0.717, 1.165) is 17.9 Å². The Bertz CT molecular complexity index is 562. The molecule has 2 aromatic rings. The molecule has 0 amide bonds. The number of aromatic nitrogens is 2. The zero-order valence-corrected chi connectivity index (χ0v) is 12.2. The first-order chi connectivity index (χ1) is 9.11. The molecule has 4 nitrogen and oxygen atoms in total. The molecule has 19 heavy (non-hydrogen) atoms. The topological polar surface area (TPSA) is 46.1 Å². The minimum absolute atomic E-state index is 0.0764. The smallest absolute Gasteiger partial charge is 0.180 e. The monoisotopic (exact) mass is 275 g/mol. The molecule has 0 fully saturated rings. The van der Waals surface area contributed by atoms with Crippen molar-refractivity contribution in [2.24, 2.45) is 0 Å². The van der Waals surface area contributed by atoms with Crippen molar-refractivity contribution < 1.29 is 4.79 Å². The number of nitrogens with zero attached hydrogens (tertiary/aromatic N) is 3. The maximum absolute atomic E-state index is 11.5. The third-order valence-electron chi connectivity index (χ3n) is 3.02. The van der Waals surface area contributed by atoms with Crippen LogP contribution >= 0.6 is 11.3 Å². The fourth-order valence-corrected chi connectivity index (χ4v) is 2.57. The number of hydrogen-bond donors (Lipinski definition) is 0. The Hall–Kier alpha value is -1.75. The Balaban J connectivity index is 2.09. The summed E-state index contributed by atoms with van der Waals surface area (Å²) >= 11 is 1.66. The number of carbonyl (C=O) groups is 1. The van der Waals surface area contributed by atoms with E-state index < -0.39 is 0 Å². The zero-order valence-electron chi connectivity index (χ0n) is 11.4. The van der Waals surface area contributed by atoms with Gasteiger partial charge in [0.2, 0.25) is 0 Å². The van der Waals surface area contributed by atoms with E-state index in [-0.39, 0.29) is 5.78 Å². The van der Waals surface area contributed by atoms with Gasteiger partial charge in [0.1, 0.15) is 5.69 Å². The third kappa shape index (κ3) is 3.17. The number of pyridine rings is 1. The predicted molar refractivity (Wildman–Crippen MR) is 77.8 cm³/mol. The molecule has 0 saturated heterocycles. The van der Waals surface area contributed by atoms with E-state index in [1.54, 1.807) is 23.6 Å². The third-order valence-corrected chi connectivity index (χ3v) is 3.94. The molecule has 2 rings (SSSR count). The maximum atomic E-state index is 11.5. The van der Waals surface area contributed by atoms with Gasteiger partial charge in [0.25, 0.3) is 0 Å². The molecule has 0 aromatic carbocycles. The Morgan fingerprint density at radius 1 is 1.37 bits per heavy atom. The fourth-order valence-electron chi connectivity index (χ4n) is 1.74. The van der Waals surface area contributed by atoms with Crippen LogP contribution in [0.1, 0.15) is 34.4 Å².